The van der Waals surface area contributed by atoms with E-state index in [1.807, 2.05) is 24.4 Å². The lowest BCUT2D eigenvalue weighted by Crippen LogP contribution is -2.26. The van der Waals surface area contributed by atoms with Crippen molar-refractivity contribution >= 4 is 26.5 Å². The van der Waals surface area contributed by atoms with Crippen molar-refractivity contribution in [1.82, 2.24) is 4.98 Å². The van der Waals surface area contributed by atoms with E-state index in [4.69, 9.17) is 0 Å². The van der Waals surface area contributed by atoms with Crippen LogP contribution < -0.4 is 4.31 Å². The molecule has 0 amide bonds. The molecule has 4 nitrogen and oxygen atoms in total. The minimum Gasteiger partial charge on any atom is -0.244 e. The second-order valence-electron chi connectivity index (χ2n) is 4.97. The fourth-order valence-electron chi connectivity index (χ4n) is 1.77. The summed E-state index contributed by atoms with van der Waals surface area (Å²) >= 11 is 1.32. The predicted molar refractivity (Wildman–Crippen MR) is 83.0 cm³/mol. The number of hydrogen-bond acceptors (Lipinski definition) is 4. The maximum absolute atomic E-state index is 12.5. The molecule has 0 aliphatic carbocycles. The molecule has 0 radical (unpaired) electrons. The average Bonchev–Trinajstić information content (AvgIpc) is 2.84. The molecule has 1 aromatic carbocycles. The van der Waals surface area contributed by atoms with E-state index in [1.54, 1.807) is 12.1 Å². The van der Waals surface area contributed by atoms with Crippen molar-refractivity contribution < 1.29 is 8.42 Å². The average molecular weight is 310 g/mol. The third-order valence-corrected chi connectivity index (χ3v) is 5.99. The Labute approximate surface area is 124 Å². The number of rotatable bonds is 4. The summed E-state index contributed by atoms with van der Waals surface area (Å²) in [5.41, 5.74) is 1.94. The Morgan fingerprint density at radius 3 is 2.25 bits per heavy atom. The van der Waals surface area contributed by atoms with Crippen LogP contribution in [-0.4, -0.2) is 20.4 Å². The van der Waals surface area contributed by atoms with Gasteiger partial charge >= 0.3 is 0 Å². The number of nitrogens with zero attached hydrogens (tertiary/aromatic N) is 2. The van der Waals surface area contributed by atoms with Gasteiger partial charge < -0.3 is 0 Å². The molecule has 0 aliphatic heterocycles. The molecular weight excluding hydrogens is 292 g/mol. The van der Waals surface area contributed by atoms with Gasteiger partial charge in [0.1, 0.15) is 0 Å². The molecule has 0 saturated heterocycles. The van der Waals surface area contributed by atoms with Crippen molar-refractivity contribution in [3.8, 4) is 0 Å². The number of sulfonamides is 1. The first kappa shape index (κ1) is 15.0. The largest absolute Gasteiger partial charge is 0.265 e. The van der Waals surface area contributed by atoms with Gasteiger partial charge in [-0.15, -0.1) is 11.3 Å². The van der Waals surface area contributed by atoms with E-state index in [9.17, 15) is 8.42 Å². The topological polar surface area (TPSA) is 50.3 Å². The summed E-state index contributed by atoms with van der Waals surface area (Å²) in [6, 6.07) is 7.03. The Kier molecular flexibility index (Phi) is 4.15. The Morgan fingerprint density at radius 2 is 1.80 bits per heavy atom. The molecule has 0 atom stereocenters. The van der Waals surface area contributed by atoms with E-state index in [0.29, 0.717) is 11.0 Å². The first-order chi connectivity index (χ1) is 9.32. The van der Waals surface area contributed by atoms with E-state index >= 15 is 0 Å². The van der Waals surface area contributed by atoms with Crippen LogP contribution in [0.2, 0.25) is 0 Å². The lowest BCUT2D eigenvalue weighted by Gasteiger charge is -2.16. The number of anilines is 1. The molecule has 2 rings (SSSR count). The van der Waals surface area contributed by atoms with Crippen LogP contribution >= 0.6 is 11.3 Å². The molecule has 1 aromatic heterocycles. The smallest absolute Gasteiger partial charge is 0.244 e. The summed E-state index contributed by atoms with van der Waals surface area (Å²) in [5, 5.41) is 2.32. The molecule has 0 unspecified atom stereocenters. The first-order valence-corrected chi connectivity index (χ1v) is 8.65. The van der Waals surface area contributed by atoms with Crippen molar-refractivity contribution in [2.45, 2.75) is 31.6 Å². The minimum atomic E-state index is -3.54. The molecule has 6 heteroatoms. The lowest BCUT2D eigenvalue weighted by molar-refractivity contribution is 0.594. The Morgan fingerprint density at radius 1 is 1.20 bits per heavy atom. The zero-order valence-corrected chi connectivity index (χ0v) is 13.6. The quantitative estimate of drug-likeness (QED) is 0.869. The second kappa shape index (κ2) is 5.54. The van der Waals surface area contributed by atoms with Crippen LogP contribution in [0.1, 0.15) is 31.0 Å². The van der Waals surface area contributed by atoms with Crippen LogP contribution in [0.4, 0.5) is 5.13 Å². The minimum absolute atomic E-state index is 0.289. The SMILES string of the molecule is Cc1csc(N(C)S(=O)(=O)c2ccc(C(C)C)cc2)n1. The molecule has 0 spiro atoms. The van der Waals surface area contributed by atoms with Crippen LogP contribution in [-0.2, 0) is 10.0 Å². The summed E-state index contributed by atoms with van der Waals surface area (Å²) in [7, 11) is -2.01. The normalized spacial score (nSPS) is 11.8. The fraction of sp³-hybridized carbons (Fsp3) is 0.357. The molecule has 0 aliphatic rings. The van der Waals surface area contributed by atoms with Gasteiger partial charge in [0.2, 0.25) is 0 Å². The van der Waals surface area contributed by atoms with Gasteiger partial charge in [0.25, 0.3) is 10.0 Å². The highest BCUT2D eigenvalue weighted by atomic mass is 32.2. The van der Waals surface area contributed by atoms with Gasteiger partial charge in [0.05, 0.1) is 10.6 Å². The van der Waals surface area contributed by atoms with Gasteiger partial charge in [-0.25, -0.2) is 17.7 Å². The zero-order valence-electron chi connectivity index (χ0n) is 12.0. The van der Waals surface area contributed by atoms with Gasteiger partial charge in [-0.3, -0.25) is 0 Å². The van der Waals surface area contributed by atoms with E-state index in [0.717, 1.165) is 11.3 Å². The van der Waals surface area contributed by atoms with Crippen molar-refractivity contribution in [3.63, 3.8) is 0 Å². The third-order valence-electron chi connectivity index (χ3n) is 3.08. The van der Waals surface area contributed by atoms with Gasteiger partial charge in [-0.1, -0.05) is 26.0 Å². The molecule has 0 bridgehead atoms. The highest BCUT2D eigenvalue weighted by Crippen LogP contribution is 2.26. The van der Waals surface area contributed by atoms with Crippen LogP contribution in [0.3, 0.4) is 0 Å². The van der Waals surface area contributed by atoms with Crippen LogP contribution in [0, 0.1) is 6.92 Å². The van der Waals surface area contributed by atoms with Gasteiger partial charge in [-0.05, 0) is 30.5 Å². The van der Waals surface area contributed by atoms with Crippen molar-refractivity contribution in [2.75, 3.05) is 11.4 Å². The van der Waals surface area contributed by atoms with Gasteiger partial charge in [0.15, 0.2) is 5.13 Å². The maximum atomic E-state index is 12.5. The second-order valence-corrected chi connectivity index (χ2v) is 7.77. The summed E-state index contributed by atoms with van der Waals surface area (Å²) in [5.74, 6) is 0.381. The van der Waals surface area contributed by atoms with Crippen LogP contribution in [0.15, 0.2) is 34.5 Å². The Balaban J connectivity index is 2.34. The molecule has 0 N–H and O–H groups in total. The van der Waals surface area contributed by atoms with E-state index < -0.39 is 10.0 Å². The maximum Gasteiger partial charge on any atom is 0.265 e. The van der Waals surface area contributed by atoms with E-state index in [2.05, 4.69) is 18.8 Å². The zero-order chi connectivity index (χ0) is 14.9. The summed E-state index contributed by atoms with van der Waals surface area (Å²) in [6.07, 6.45) is 0. The highest BCUT2D eigenvalue weighted by molar-refractivity contribution is 7.93. The molecule has 0 saturated carbocycles. The summed E-state index contributed by atoms with van der Waals surface area (Å²) in [4.78, 5) is 4.50. The van der Waals surface area contributed by atoms with E-state index in [-0.39, 0.29) is 4.90 Å². The highest BCUT2D eigenvalue weighted by Gasteiger charge is 2.23. The Bertz CT molecular complexity index is 688. The van der Waals surface area contributed by atoms with Gasteiger partial charge in [-0.2, -0.15) is 0 Å². The lowest BCUT2D eigenvalue weighted by atomic mass is 10.0. The summed E-state index contributed by atoms with van der Waals surface area (Å²) < 4.78 is 26.3. The molecule has 20 heavy (non-hydrogen) atoms. The van der Waals surface area contributed by atoms with Crippen molar-refractivity contribution in [2.24, 2.45) is 0 Å². The molecular formula is C14H18N2O2S2. The predicted octanol–water partition coefficient (Wildman–Crippen LogP) is 3.40. The number of benzene rings is 1. The van der Waals surface area contributed by atoms with Crippen LogP contribution in [0.5, 0.6) is 0 Å². The Hall–Kier alpha value is -1.40. The third kappa shape index (κ3) is 2.86. The molecule has 0 fully saturated rings. The van der Waals surface area contributed by atoms with Crippen molar-refractivity contribution in [1.29, 1.82) is 0 Å². The number of aryl methyl sites for hydroxylation is 1. The summed E-state index contributed by atoms with van der Waals surface area (Å²) in [6.45, 7) is 6.00. The first-order valence-electron chi connectivity index (χ1n) is 6.33. The van der Waals surface area contributed by atoms with Gasteiger partial charge in [0, 0.05) is 12.4 Å². The standard InChI is InChI=1S/C14H18N2O2S2/c1-10(2)12-5-7-13(8-6-12)20(17,18)16(4)14-15-11(3)9-19-14/h5-10H,1-4H3. The van der Waals surface area contributed by atoms with E-state index in [1.165, 1.54) is 22.7 Å². The van der Waals surface area contributed by atoms with Crippen molar-refractivity contribution in [3.05, 3.63) is 40.9 Å². The van der Waals surface area contributed by atoms with Crippen LogP contribution in [0.25, 0.3) is 0 Å². The fourth-order valence-corrected chi connectivity index (χ4v) is 3.91. The molecule has 108 valence electrons. The number of hydrogen-bond donors (Lipinski definition) is 0. The molecule has 1 heterocycles. The molecule has 2 aromatic rings. The monoisotopic (exact) mass is 310 g/mol. The number of aromatic nitrogens is 1. The number of thiazole rings is 1.